The van der Waals surface area contributed by atoms with Crippen LogP contribution in [0, 0.1) is 0 Å². The van der Waals surface area contributed by atoms with Gasteiger partial charge in [0.1, 0.15) is 0 Å². The molecule has 0 spiro atoms. The van der Waals surface area contributed by atoms with Crippen LogP contribution >= 0.6 is 0 Å². The molecule has 0 amide bonds. The van der Waals surface area contributed by atoms with E-state index < -0.39 is 5.97 Å². The Bertz CT molecular complexity index is 410. The second-order valence-electron chi connectivity index (χ2n) is 4.99. The summed E-state index contributed by atoms with van der Waals surface area (Å²) in [5.74, 6) is -0.715. The Balaban J connectivity index is -0.00000220. The van der Waals surface area contributed by atoms with E-state index in [4.69, 9.17) is 5.11 Å². The van der Waals surface area contributed by atoms with Crippen molar-refractivity contribution in [2.45, 2.75) is 58.3 Å². The number of carbonyl (C=O) groups is 1. The van der Waals surface area contributed by atoms with Gasteiger partial charge < -0.3 is 6.53 Å². The average Bonchev–Trinajstić information content (AvgIpc) is 2.50. The normalized spacial score (nSPS) is 12.2. The van der Waals surface area contributed by atoms with Crippen molar-refractivity contribution in [3.05, 3.63) is 60.8 Å². The summed E-state index contributed by atoms with van der Waals surface area (Å²) in [5.41, 5.74) is 0. The minimum atomic E-state index is -0.715. The van der Waals surface area contributed by atoms with E-state index in [0.717, 1.165) is 44.9 Å². The van der Waals surface area contributed by atoms with Gasteiger partial charge in [-0.3, -0.25) is 4.79 Å². The van der Waals surface area contributed by atoms with E-state index in [2.05, 4.69) is 67.7 Å². The van der Waals surface area contributed by atoms with Crippen molar-refractivity contribution in [1.82, 2.24) is 0 Å². The SMILES string of the molecule is CC/C=C\C/C=C\C/C=C\C/C=C\C/C=C\CCCC(=O)O.[H-].[Na+]. The van der Waals surface area contributed by atoms with Gasteiger partial charge in [0.25, 0.3) is 0 Å². The van der Waals surface area contributed by atoms with E-state index in [1.165, 1.54) is 0 Å². The fourth-order valence-corrected chi connectivity index (χ4v) is 1.74. The van der Waals surface area contributed by atoms with Gasteiger partial charge in [0.05, 0.1) is 0 Å². The summed E-state index contributed by atoms with van der Waals surface area (Å²) in [6.45, 7) is 2.14. The van der Waals surface area contributed by atoms with E-state index >= 15 is 0 Å². The maximum Gasteiger partial charge on any atom is 1.00 e. The number of rotatable bonds is 13. The molecule has 2 nitrogen and oxygen atoms in total. The molecule has 1 N–H and O–H groups in total. The summed E-state index contributed by atoms with van der Waals surface area (Å²) >= 11 is 0. The average molecular weight is 326 g/mol. The molecule has 124 valence electrons. The van der Waals surface area contributed by atoms with E-state index in [-0.39, 0.29) is 37.4 Å². The molecule has 0 aromatic heterocycles. The molecule has 0 atom stereocenters. The molecule has 0 heterocycles. The van der Waals surface area contributed by atoms with Gasteiger partial charge in [0.15, 0.2) is 0 Å². The summed E-state index contributed by atoms with van der Waals surface area (Å²) in [4.78, 5) is 10.3. The zero-order chi connectivity index (χ0) is 16.3. The fraction of sp³-hybridized carbons (Fsp3) is 0.450. The monoisotopic (exact) mass is 326 g/mol. The number of carboxylic acid groups (broad SMARTS) is 1. The quantitative estimate of drug-likeness (QED) is 0.321. The number of hydrogen-bond acceptors (Lipinski definition) is 1. The second kappa shape index (κ2) is 21.2. The van der Waals surface area contributed by atoms with Crippen LogP contribution in [0.2, 0.25) is 0 Å². The Labute approximate surface area is 165 Å². The maximum absolute atomic E-state index is 10.3. The zero-order valence-electron chi connectivity index (χ0n) is 15.8. The van der Waals surface area contributed by atoms with Gasteiger partial charge in [-0.1, -0.05) is 67.7 Å². The van der Waals surface area contributed by atoms with Gasteiger partial charge in [-0.15, -0.1) is 0 Å². The van der Waals surface area contributed by atoms with E-state index in [1.54, 1.807) is 0 Å². The van der Waals surface area contributed by atoms with Gasteiger partial charge in [-0.25, -0.2) is 0 Å². The summed E-state index contributed by atoms with van der Waals surface area (Å²) in [5, 5.41) is 8.49. The first-order chi connectivity index (χ1) is 10.8. The summed E-state index contributed by atoms with van der Waals surface area (Å²) in [6.07, 6.45) is 28.4. The molecule has 0 saturated carbocycles. The van der Waals surface area contributed by atoms with Gasteiger partial charge in [0, 0.05) is 6.42 Å². The van der Waals surface area contributed by atoms with Crippen molar-refractivity contribution in [2.75, 3.05) is 0 Å². The zero-order valence-corrected chi connectivity index (χ0v) is 16.8. The van der Waals surface area contributed by atoms with Crippen molar-refractivity contribution < 1.29 is 40.9 Å². The third kappa shape index (κ3) is 23.6. The number of carboxylic acids is 1. The predicted octanol–water partition coefficient (Wildman–Crippen LogP) is 3.11. The number of aliphatic carboxylic acids is 1. The van der Waals surface area contributed by atoms with Crippen LogP contribution in [0.25, 0.3) is 0 Å². The fourth-order valence-electron chi connectivity index (χ4n) is 1.74. The predicted molar refractivity (Wildman–Crippen MR) is 97.1 cm³/mol. The first kappa shape index (κ1) is 24.4. The van der Waals surface area contributed by atoms with Crippen LogP contribution in [-0.4, -0.2) is 11.1 Å². The van der Waals surface area contributed by atoms with Gasteiger partial charge in [-0.05, 0) is 44.9 Å². The van der Waals surface area contributed by atoms with Crippen molar-refractivity contribution in [3.8, 4) is 0 Å². The molecule has 0 saturated heterocycles. The first-order valence-electron chi connectivity index (χ1n) is 8.24. The molecular weight excluding hydrogens is 295 g/mol. The van der Waals surface area contributed by atoms with E-state index in [0.29, 0.717) is 0 Å². The van der Waals surface area contributed by atoms with Crippen molar-refractivity contribution in [3.63, 3.8) is 0 Å². The Hall–Kier alpha value is -0.830. The van der Waals surface area contributed by atoms with E-state index in [1.807, 2.05) is 0 Å². The second-order valence-corrected chi connectivity index (χ2v) is 4.99. The minimum Gasteiger partial charge on any atom is -1.00 e. The summed E-state index contributed by atoms with van der Waals surface area (Å²) < 4.78 is 0. The van der Waals surface area contributed by atoms with Crippen LogP contribution in [0.3, 0.4) is 0 Å². The van der Waals surface area contributed by atoms with Gasteiger partial charge in [-0.2, -0.15) is 0 Å². The number of allylic oxidation sites excluding steroid dienone is 10. The molecule has 0 radical (unpaired) electrons. The summed E-state index contributed by atoms with van der Waals surface area (Å²) in [7, 11) is 0. The van der Waals surface area contributed by atoms with Crippen molar-refractivity contribution in [2.24, 2.45) is 0 Å². The Morgan fingerprint density at radius 1 is 0.783 bits per heavy atom. The molecule has 0 fully saturated rings. The number of hydrogen-bond donors (Lipinski definition) is 1. The van der Waals surface area contributed by atoms with Gasteiger partial charge >= 0.3 is 35.5 Å². The standard InChI is InChI=1S/C20H30O2.Na.H/c1-2-3-4-5-6-7-8-9-10-11-12-13-14-15-16-17-18-19-20(21)22;;/h3-4,6-7,9-10,12-13,15-16H,2,5,8,11,14,17-19H2,1H3,(H,21,22);;/q;+1;-1/b4-3-,7-6-,10-9-,13-12-,16-15-;;. The molecule has 0 aromatic rings. The molecule has 0 aliphatic carbocycles. The third-order valence-corrected chi connectivity index (χ3v) is 2.92. The van der Waals surface area contributed by atoms with Gasteiger partial charge in [0.2, 0.25) is 0 Å². The summed E-state index contributed by atoms with van der Waals surface area (Å²) in [6, 6.07) is 0. The van der Waals surface area contributed by atoms with Crippen LogP contribution in [0.15, 0.2) is 60.8 Å². The van der Waals surface area contributed by atoms with Crippen molar-refractivity contribution >= 4 is 5.97 Å². The largest absolute Gasteiger partial charge is 1.00 e. The van der Waals surface area contributed by atoms with Crippen LogP contribution < -0.4 is 29.6 Å². The molecule has 0 aromatic carbocycles. The van der Waals surface area contributed by atoms with Crippen LogP contribution in [0.4, 0.5) is 0 Å². The Morgan fingerprint density at radius 3 is 1.57 bits per heavy atom. The molecule has 3 heteroatoms. The molecule has 0 aliphatic heterocycles. The smallest absolute Gasteiger partial charge is 1.00 e. The topological polar surface area (TPSA) is 37.3 Å². The minimum absolute atomic E-state index is 0. The number of unbranched alkanes of at least 4 members (excludes halogenated alkanes) is 1. The first-order valence-corrected chi connectivity index (χ1v) is 8.24. The maximum atomic E-state index is 10.3. The Morgan fingerprint density at radius 2 is 1.17 bits per heavy atom. The molecular formula is C20H31NaO2. The molecule has 0 rings (SSSR count). The van der Waals surface area contributed by atoms with Crippen LogP contribution in [0.5, 0.6) is 0 Å². The Kier molecular flexibility index (Phi) is 22.5. The molecule has 23 heavy (non-hydrogen) atoms. The molecule has 0 unspecified atom stereocenters. The molecule has 0 bridgehead atoms. The third-order valence-electron chi connectivity index (χ3n) is 2.92. The molecule has 0 aliphatic rings. The van der Waals surface area contributed by atoms with Crippen LogP contribution in [0.1, 0.15) is 59.7 Å². The van der Waals surface area contributed by atoms with E-state index in [9.17, 15) is 4.79 Å². The van der Waals surface area contributed by atoms with Crippen molar-refractivity contribution in [1.29, 1.82) is 0 Å². The van der Waals surface area contributed by atoms with Crippen LogP contribution in [-0.2, 0) is 4.79 Å².